The third-order valence-electron chi connectivity index (χ3n) is 3.90. The fourth-order valence-electron chi connectivity index (χ4n) is 2.91. The van der Waals surface area contributed by atoms with Crippen molar-refractivity contribution in [3.8, 4) is 0 Å². The van der Waals surface area contributed by atoms with Crippen LogP contribution in [0.1, 0.15) is 43.0 Å². The van der Waals surface area contributed by atoms with Crippen LogP contribution >= 0.6 is 31.9 Å². The lowest BCUT2D eigenvalue weighted by Crippen LogP contribution is -2.52. The Bertz CT molecular complexity index is 509. The van der Waals surface area contributed by atoms with E-state index < -0.39 is 5.82 Å². The molecule has 0 heterocycles. The van der Waals surface area contributed by atoms with Crippen LogP contribution in [0, 0.1) is 11.7 Å². The Morgan fingerprint density at radius 1 is 1.55 bits per heavy atom. The SMILES string of the molecule is CC1CCCC(CBr)(NC(=O)c2cc(F)ccc2Br)C1. The minimum absolute atomic E-state index is 0.218. The third-order valence-corrected chi connectivity index (χ3v) is 5.66. The third kappa shape index (κ3) is 3.61. The van der Waals surface area contributed by atoms with Gasteiger partial charge in [0.25, 0.3) is 5.91 Å². The van der Waals surface area contributed by atoms with Crippen LogP contribution < -0.4 is 5.32 Å². The summed E-state index contributed by atoms with van der Waals surface area (Å²) in [5.41, 5.74) is 0.129. The number of rotatable bonds is 3. The molecule has 1 N–H and O–H groups in total. The van der Waals surface area contributed by atoms with E-state index in [1.165, 1.54) is 18.6 Å². The number of hydrogen-bond acceptors (Lipinski definition) is 1. The molecular weight excluding hydrogens is 389 g/mol. The molecule has 1 aliphatic carbocycles. The number of carbonyl (C=O) groups excluding carboxylic acids is 1. The number of alkyl halides is 1. The quantitative estimate of drug-likeness (QED) is 0.726. The Morgan fingerprint density at radius 2 is 2.30 bits per heavy atom. The highest BCUT2D eigenvalue weighted by molar-refractivity contribution is 9.10. The summed E-state index contributed by atoms with van der Waals surface area (Å²) in [7, 11) is 0. The van der Waals surface area contributed by atoms with Gasteiger partial charge in [0.05, 0.1) is 11.1 Å². The second-order valence-corrected chi connectivity index (χ2v) is 7.11. The number of benzene rings is 1. The molecule has 1 aromatic carbocycles. The van der Waals surface area contributed by atoms with Crippen molar-refractivity contribution in [2.24, 2.45) is 5.92 Å². The Labute approximate surface area is 135 Å². The predicted octanol–water partition coefficient (Wildman–Crippen LogP) is 4.66. The van der Waals surface area contributed by atoms with Crippen LogP contribution in [-0.2, 0) is 0 Å². The Kier molecular flexibility index (Phi) is 5.24. The highest BCUT2D eigenvalue weighted by Crippen LogP contribution is 2.34. The Morgan fingerprint density at radius 3 is 2.95 bits per heavy atom. The molecule has 5 heteroatoms. The number of halogens is 3. The number of amides is 1. The molecule has 0 aromatic heterocycles. The van der Waals surface area contributed by atoms with E-state index in [9.17, 15) is 9.18 Å². The smallest absolute Gasteiger partial charge is 0.252 e. The molecule has 0 spiro atoms. The fraction of sp³-hybridized carbons (Fsp3) is 0.533. The van der Waals surface area contributed by atoms with Gasteiger partial charge in [-0.25, -0.2) is 4.39 Å². The first-order valence-corrected chi connectivity index (χ1v) is 8.71. The first-order chi connectivity index (χ1) is 9.46. The first kappa shape index (κ1) is 16.0. The number of nitrogens with one attached hydrogen (secondary N) is 1. The van der Waals surface area contributed by atoms with Gasteiger partial charge < -0.3 is 5.32 Å². The van der Waals surface area contributed by atoms with E-state index >= 15 is 0 Å². The van der Waals surface area contributed by atoms with E-state index in [-0.39, 0.29) is 11.4 Å². The van der Waals surface area contributed by atoms with Crippen LogP contribution in [-0.4, -0.2) is 16.8 Å². The molecule has 2 nitrogen and oxygen atoms in total. The predicted molar refractivity (Wildman–Crippen MR) is 85.7 cm³/mol. The zero-order valence-corrected chi connectivity index (χ0v) is 14.6. The largest absolute Gasteiger partial charge is 0.346 e. The molecule has 110 valence electrons. The van der Waals surface area contributed by atoms with Gasteiger partial charge >= 0.3 is 0 Å². The van der Waals surface area contributed by atoms with E-state index in [0.29, 0.717) is 16.0 Å². The summed E-state index contributed by atoms with van der Waals surface area (Å²) in [4.78, 5) is 12.4. The summed E-state index contributed by atoms with van der Waals surface area (Å²) in [6, 6.07) is 4.17. The zero-order valence-electron chi connectivity index (χ0n) is 11.4. The van der Waals surface area contributed by atoms with Crippen LogP contribution in [0.15, 0.2) is 22.7 Å². The van der Waals surface area contributed by atoms with Gasteiger partial charge in [-0.15, -0.1) is 0 Å². The van der Waals surface area contributed by atoms with E-state index in [1.807, 2.05) is 0 Å². The van der Waals surface area contributed by atoms with Crippen LogP contribution in [0.4, 0.5) is 4.39 Å². The van der Waals surface area contributed by atoms with E-state index in [4.69, 9.17) is 0 Å². The minimum Gasteiger partial charge on any atom is -0.346 e. The second-order valence-electron chi connectivity index (χ2n) is 5.69. The maximum Gasteiger partial charge on any atom is 0.252 e. The van der Waals surface area contributed by atoms with Crippen LogP contribution in [0.25, 0.3) is 0 Å². The summed E-state index contributed by atoms with van der Waals surface area (Å²) < 4.78 is 13.9. The average Bonchev–Trinajstić information content (AvgIpc) is 2.41. The molecule has 1 amide bonds. The highest BCUT2D eigenvalue weighted by atomic mass is 79.9. The van der Waals surface area contributed by atoms with Crippen molar-refractivity contribution in [2.75, 3.05) is 5.33 Å². The molecule has 0 aliphatic heterocycles. The van der Waals surface area contributed by atoms with Crippen molar-refractivity contribution in [1.82, 2.24) is 5.32 Å². The standard InChI is InChI=1S/C15H18Br2FNO/c1-10-3-2-6-15(8-10,9-16)19-14(20)12-7-11(18)4-5-13(12)17/h4-5,7,10H,2-3,6,8-9H2,1H3,(H,19,20). The summed E-state index contributed by atoms with van der Waals surface area (Å²) in [6.45, 7) is 2.21. The normalized spacial score (nSPS) is 26.3. The fourth-order valence-corrected chi connectivity index (χ4v) is 3.98. The maximum absolute atomic E-state index is 13.3. The summed E-state index contributed by atoms with van der Waals surface area (Å²) >= 11 is 6.84. The average molecular weight is 407 g/mol. The molecule has 20 heavy (non-hydrogen) atoms. The molecule has 0 saturated heterocycles. The van der Waals surface area contributed by atoms with Gasteiger partial charge in [0.1, 0.15) is 5.82 Å². The van der Waals surface area contributed by atoms with Gasteiger partial charge in [0, 0.05) is 9.80 Å². The lowest BCUT2D eigenvalue weighted by Gasteiger charge is -2.39. The van der Waals surface area contributed by atoms with Crippen LogP contribution in [0.5, 0.6) is 0 Å². The van der Waals surface area contributed by atoms with Gasteiger partial charge in [-0.05, 0) is 52.9 Å². The summed E-state index contributed by atoms with van der Waals surface area (Å²) in [5, 5.41) is 3.84. The molecule has 1 aliphatic rings. The molecule has 2 rings (SSSR count). The summed E-state index contributed by atoms with van der Waals surface area (Å²) in [6.07, 6.45) is 4.23. The van der Waals surface area contributed by atoms with Crippen molar-refractivity contribution in [3.63, 3.8) is 0 Å². The molecular formula is C15H18Br2FNO. The van der Waals surface area contributed by atoms with E-state index in [0.717, 1.165) is 24.6 Å². The molecule has 2 unspecified atom stereocenters. The van der Waals surface area contributed by atoms with Gasteiger partial charge in [0.2, 0.25) is 0 Å². The number of hydrogen-bond donors (Lipinski definition) is 1. The maximum atomic E-state index is 13.3. The van der Waals surface area contributed by atoms with Crippen LogP contribution in [0.2, 0.25) is 0 Å². The molecule has 0 radical (unpaired) electrons. The van der Waals surface area contributed by atoms with Gasteiger partial charge in [0.15, 0.2) is 0 Å². The first-order valence-electron chi connectivity index (χ1n) is 6.79. The van der Waals surface area contributed by atoms with Crippen molar-refractivity contribution < 1.29 is 9.18 Å². The van der Waals surface area contributed by atoms with Crippen molar-refractivity contribution >= 4 is 37.8 Å². The topological polar surface area (TPSA) is 29.1 Å². The van der Waals surface area contributed by atoms with Gasteiger partial charge in [-0.2, -0.15) is 0 Å². The lowest BCUT2D eigenvalue weighted by molar-refractivity contribution is 0.0868. The van der Waals surface area contributed by atoms with E-state index in [1.54, 1.807) is 6.07 Å². The van der Waals surface area contributed by atoms with Crippen LogP contribution in [0.3, 0.4) is 0 Å². The highest BCUT2D eigenvalue weighted by Gasteiger charge is 2.35. The Hall–Kier alpha value is -0.420. The monoisotopic (exact) mass is 405 g/mol. The molecule has 1 aromatic rings. The minimum atomic E-state index is -0.400. The molecule has 0 bridgehead atoms. The molecule has 2 atom stereocenters. The van der Waals surface area contributed by atoms with E-state index in [2.05, 4.69) is 44.1 Å². The number of carbonyl (C=O) groups is 1. The van der Waals surface area contributed by atoms with Crippen molar-refractivity contribution in [3.05, 3.63) is 34.1 Å². The van der Waals surface area contributed by atoms with Crippen molar-refractivity contribution in [2.45, 2.75) is 38.1 Å². The van der Waals surface area contributed by atoms with Crippen molar-refractivity contribution in [1.29, 1.82) is 0 Å². The molecule has 1 fully saturated rings. The van der Waals surface area contributed by atoms with Gasteiger partial charge in [-0.1, -0.05) is 35.7 Å². The summed E-state index contributed by atoms with van der Waals surface area (Å²) in [5.74, 6) is -0.0225. The zero-order chi connectivity index (χ0) is 14.8. The Balaban J connectivity index is 2.19. The lowest BCUT2D eigenvalue weighted by atomic mass is 9.77. The second kappa shape index (κ2) is 6.56. The molecule has 1 saturated carbocycles. The van der Waals surface area contributed by atoms with Gasteiger partial charge in [-0.3, -0.25) is 4.79 Å².